The van der Waals surface area contributed by atoms with E-state index in [1.165, 1.54) is 0 Å². The van der Waals surface area contributed by atoms with E-state index in [9.17, 15) is 14.4 Å². The lowest BCUT2D eigenvalue weighted by molar-refractivity contribution is -0.146. The highest BCUT2D eigenvalue weighted by Crippen LogP contribution is 2.21. The Balaban J connectivity index is 1.44. The molecule has 3 amide bonds. The van der Waals surface area contributed by atoms with Crippen molar-refractivity contribution in [2.75, 3.05) is 20.2 Å². The number of imide groups is 1. The lowest BCUT2D eigenvalue weighted by Crippen LogP contribution is -2.32. The second-order valence-electron chi connectivity index (χ2n) is 5.71. The number of ether oxygens (including phenoxy) is 2. The van der Waals surface area contributed by atoms with Gasteiger partial charge < -0.3 is 19.3 Å². The van der Waals surface area contributed by atoms with E-state index in [4.69, 9.17) is 14.0 Å². The van der Waals surface area contributed by atoms with Crippen LogP contribution in [0.1, 0.15) is 18.7 Å². The first-order valence-electron chi connectivity index (χ1n) is 8.27. The predicted octanol–water partition coefficient (Wildman–Crippen LogP) is 1.12. The van der Waals surface area contributed by atoms with Crippen LogP contribution in [0.3, 0.4) is 0 Å². The molecule has 27 heavy (non-hydrogen) atoms. The molecule has 1 N–H and O–H groups in total. The van der Waals surface area contributed by atoms with Gasteiger partial charge in [0.1, 0.15) is 5.75 Å². The van der Waals surface area contributed by atoms with Crippen LogP contribution in [0.2, 0.25) is 0 Å². The summed E-state index contributed by atoms with van der Waals surface area (Å²) in [6.45, 7) is 0.00924. The van der Waals surface area contributed by atoms with Crippen LogP contribution in [0.5, 0.6) is 5.75 Å². The monoisotopic (exact) mass is 374 g/mol. The van der Waals surface area contributed by atoms with Crippen molar-refractivity contribution in [1.82, 2.24) is 20.4 Å². The van der Waals surface area contributed by atoms with Gasteiger partial charge in [0, 0.05) is 18.5 Å². The molecular formula is C17H18N4O6. The number of urea groups is 1. The number of carbonyl (C=O) groups is 3. The number of hydrogen-bond donors (Lipinski definition) is 1. The third-order valence-corrected chi connectivity index (χ3v) is 3.85. The van der Waals surface area contributed by atoms with Crippen molar-refractivity contribution in [2.45, 2.75) is 19.4 Å². The Kier molecular flexibility index (Phi) is 5.64. The van der Waals surface area contributed by atoms with Crippen LogP contribution in [0.4, 0.5) is 4.79 Å². The van der Waals surface area contributed by atoms with Crippen molar-refractivity contribution in [1.29, 1.82) is 0 Å². The maximum Gasteiger partial charge on any atom is 0.324 e. The van der Waals surface area contributed by atoms with Gasteiger partial charge in [0.05, 0.1) is 13.7 Å². The number of aromatic nitrogens is 2. The Morgan fingerprint density at radius 2 is 2.22 bits per heavy atom. The second-order valence-corrected chi connectivity index (χ2v) is 5.71. The van der Waals surface area contributed by atoms with Gasteiger partial charge in [-0.3, -0.25) is 14.5 Å². The number of amides is 3. The first kappa shape index (κ1) is 18.4. The van der Waals surface area contributed by atoms with Crippen molar-refractivity contribution < 1.29 is 28.4 Å². The summed E-state index contributed by atoms with van der Waals surface area (Å²) in [5.41, 5.74) is 0.712. The first-order valence-corrected chi connectivity index (χ1v) is 8.27. The minimum atomic E-state index is -0.483. The molecule has 0 saturated carbocycles. The number of methoxy groups -OCH3 is 1. The number of nitrogens with one attached hydrogen (secondary N) is 1. The highest BCUT2D eigenvalue weighted by molar-refractivity contribution is 6.01. The molecule has 0 unspecified atom stereocenters. The SMILES string of the molecule is COc1cccc(-c2noc(COC(=O)CCCN3C(=O)CNC3=O)n2)c1. The summed E-state index contributed by atoms with van der Waals surface area (Å²) in [5.74, 6) is 0.400. The molecule has 3 rings (SSSR count). The highest BCUT2D eigenvalue weighted by Gasteiger charge is 2.27. The van der Waals surface area contributed by atoms with Gasteiger partial charge in [0.2, 0.25) is 11.7 Å². The van der Waals surface area contributed by atoms with Crippen LogP contribution in [-0.4, -0.2) is 53.1 Å². The average molecular weight is 374 g/mol. The summed E-state index contributed by atoms with van der Waals surface area (Å²) >= 11 is 0. The zero-order valence-corrected chi connectivity index (χ0v) is 14.6. The summed E-state index contributed by atoms with van der Waals surface area (Å²) in [7, 11) is 1.56. The van der Waals surface area contributed by atoms with Crippen LogP contribution in [-0.2, 0) is 20.9 Å². The van der Waals surface area contributed by atoms with E-state index >= 15 is 0 Å². The summed E-state index contributed by atoms with van der Waals surface area (Å²) in [4.78, 5) is 39.8. The fourth-order valence-corrected chi connectivity index (χ4v) is 2.47. The number of esters is 1. The van der Waals surface area contributed by atoms with Crippen LogP contribution < -0.4 is 10.1 Å². The van der Waals surface area contributed by atoms with Crippen molar-refractivity contribution in [3.8, 4) is 17.1 Å². The fraction of sp³-hybridized carbons (Fsp3) is 0.353. The maximum atomic E-state index is 11.8. The van der Waals surface area contributed by atoms with Gasteiger partial charge in [0.15, 0.2) is 6.61 Å². The molecule has 1 saturated heterocycles. The summed E-state index contributed by atoms with van der Waals surface area (Å²) in [6, 6.07) is 6.72. The number of rotatable bonds is 8. The molecule has 0 aliphatic carbocycles. The molecule has 1 fully saturated rings. The fourth-order valence-electron chi connectivity index (χ4n) is 2.47. The van der Waals surface area contributed by atoms with E-state index in [0.717, 1.165) is 4.90 Å². The molecule has 0 bridgehead atoms. The lowest BCUT2D eigenvalue weighted by Gasteiger charge is -2.11. The van der Waals surface area contributed by atoms with Gasteiger partial charge in [-0.2, -0.15) is 4.98 Å². The number of nitrogens with zero attached hydrogens (tertiary/aromatic N) is 3. The smallest absolute Gasteiger partial charge is 0.324 e. The normalized spacial score (nSPS) is 13.6. The quantitative estimate of drug-likeness (QED) is 0.538. The second kappa shape index (κ2) is 8.30. The largest absolute Gasteiger partial charge is 0.497 e. The van der Waals surface area contributed by atoms with Crippen molar-refractivity contribution in [3.63, 3.8) is 0 Å². The van der Waals surface area contributed by atoms with Gasteiger partial charge in [0.25, 0.3) is 5.89 Å². The molecule has 0 atom stereocenters. The summed E-state index contributed by atoms with van der Waals surface area (Å²) in [6.07, 6.45) is 0.380. The van der Waals surface area contributed by atoms with Crippen molar-refractivity contribution in [2.24, 2.45) is 0 Å². The third-order valence-electron chi connectivity index (χ3n) is 3.85. The molecule has 2 heterocycles. The van der Waals surface area contributed by atoms with Gasteiger partial charge in [-0.15, -0.1) is 0 Å². The Morgan fingerprint density at radius 1 is 1.37 bits per heavy atom. The lowest BCUT2D eigenvalue weighted by atomic mass is 10.2. The van der Waals surface area contributed by atoms with Gasteiger partial charge in [-0.1, -0.05) is 17.3 Å². The maximum absolute atomic E-state index is 11.8. The third kappa shape index (κ3) is 4.60. The zero-order valence-electron chi connectivity index (χ0n) is 14.6. The van der Waals surface area contributed by atoms with Crippen molar-refractivity contribution >= 4 is 17.9 Å². The number of carbonyl (C=O) groups excluding carboxylic acids is 3. The molecule has 10 nitrogen and oxygen atoms in total. The summed E-state index contributed by atoms with van der Waals surface area (Å²) < 4.78 is 15.3. The van der Waals surface area contributed by atoms with Crippen LogP contribution in [0.25, 0.3) is 11.4 Å². The zero-order chi connectivity index (χ0) is 19.2. The molecule has 1 aromatic heterocycles. The molecule has 142 valence electrons. The Morgan fingerprint density at radius 3 is 2.96 bits per heavy atom. The molecule has 2 aromatic rings. The van der Waals surface area contributed by atoms with Crippen LogP contribution in [0, 0.1) is 0 Å². The minimum absolute atomic E-state index is 0.00390. The van der Waals surface area contributed by atoms with Crippen LogP contribution >= 0.6 is 0 Å². The Labute approximate surface area is 154 Å². The Bertz CT molecular complexity index is 833. The molecule has 0 radical (unpaired) electrons. The van der Waals surface area contributed by atoms with Gasteiger partial charge >= 0.3 is 12.0 Å². The molecule has 1 aliphatic rings. The standard InChI is InChI=1S/C17H18N4O6/c1-25-12-5-2-4-11(8-12)16-19-13(27-20-16)10-26-15(23)6-3-7-21-14(22)9-18-17(21)24/h2,4-5,8H,3,6-7,9-10H2,1H3,(H,18,24). The van der Waals surface area contributed by atoms with Crippen molar-refractivity contribution in [3.05, 3.63) is 30.2 Å². The van der Waals surface area contributed by atoms with E-state index < -0.39 is 12.0 Å². The highest BCUT2D eigenvalue weighted by atomic mass is 16.6. The van der Waals surface area contributed by atoms with E-state index in [0.29, 0.717) is 23.6 Å². The summed E-state index contributed by atoms with van der Waals surface area (Å²) in [5, 5.41) is 6.26. The topological polar surface area (TPSA) is 124 Å². The van der Waals surface area contributed by atoms with E-state index in [2.05, 4.69) is 15.5 Å². The van der Waals surface area contributed by atoms with Gasteiger partial charge in [-0.25, -0.2) is 4.79 Å². The van der Waals surface area contributed by atoms with E-state index in [-0.39, 0.29) is 37.9 Å². The molecule has 1 aromatic carbocycles. The number of hydrogen-bond acceptors (Lipinski definition) is 8. The molecule has 10 heteroatoms. The molecular weight excluding hydrogens is 356 g/mol. The van der Waals surface area contributed by atoms with Crippen LogP contribution in [0.15, 0.2) is 28.8 Å². The Hall–Kier alpha value is -3.43. The predicted molar refractivity (Wildman–Crippen MR) is 90.4 cm³/mol. The van der Waals surface area contributed by atoms with E-state index in [1.54, 1.807) is 31.4 Å². The molecule has 0 spiro atoms. The molecule has 1 aliphatic heterocycles. The van der Waals surface area contributed by atoms with Gasteiger partial charge in [-0.05, 0) is 18.6 Å². The van der Waals surface area contributed by atoms with E-state index in [1.807, 2.05) is 0 Å². The average Bonchev–Trinajstić information content (AvgIpc) is 3.28. The first-order chi connectivity index (χ1) is 13.1. The number of benzene rings is 1. The minimum Gasteiger partial charge on any atom is -0.497 e.